The van der Waals surface area contributed by atoms with Gasteiger partial charge in [-0.3, -0.25) is 4.98 Å². The monoisotopic (exact) mass is 240 g/mol. The van der Waals surface area contributed by atoms with Crippen LogP contribution in [-0.4, -0.2) is 31.3 Å². The third-order valence-electron chi connectivity index (χ3n) is 2.81. The van der Waals surface area contributed by atoms with Gasteiger partial charge in [0.15, 0.2) is 0 Å². The third kappa shape index (κ3) is 2.66. The van der Waals surface area contributed by atoms with Crippen molar-refractivity contribution in [3.8, 4) is 0 Å². The molecule has 1 fully saturated rings. The van der Waals surface area contributed by atoms with Gasteiger partial charge in [0.05, 0.1) is 12.5 Å². The van der Waals surface area contributed by atoms with Crippen molar-refractivity contribution in [2.45, 2.75) is 19.2 Å². The minimum atomic E-state index is 0.514. The van der Waals surface area contributed by atoms with Crippen LogP contribution in [0.1, 0.15) is 17.7 Å². The van der Waals surface area contributed by atoms with Gasteiger partial charge < -0.3 is 9.64 Å². The molecule has 0 amide bonds. The third-order valence-corrected chi connectivity index (χ3v) is 3.09. The molecule has 2 rings (SSSR count). The first-order valence-corrected chi connectivity index (χ1v) is 6.19. The predicted octanol–water partition coefficient (Wildman–Crippen LogP) is 2.36. The molecule has 1 aliphatic rings. The number of hydrogen-bond donors (Lipinski definition) is 0. The van der Waals surface area contributed by atoms with Gasteiger partial charge in [-0.25, -0.2) is 0 Å². The van der Waals surface area contributed by atoms with Gasteiger partial charge in [-0.05, 0) is 19.4 Å². The number of nitrogens with zero attached hydrogens (tertiary/aromatic N) is 2. The van der Waals surface area contributed by atoms with E-state index in [4.69, 9.17) is 16.3 Å². The molecule has 1 aromatic rings. The van der Waals surface area contributed by atoms with E-state index in [1.54, 1.807) is 0 Å². The number of halogens is 1. The summed E-state index contributed by atoms with van der Waals surface area (Å²) in [4.78, 5) is 6.63. The Hall–Kier alpha value is -0.800. The molecule has 0 spiro atoms. The van der Waals surface area contributed by atoms with E-state index in [0.29, 0.717) is 5.88 Å². The van der Waals surface area contributed by atoms with Crippen LogP contribution in [0.15, 0.2) is 12.3 Å². The van der Waals surface area contributed by atoms with Gasteiger partial charge in [0, 0.05) is 42.8 Å². The van der Waals surface area contributed by atoms with Crippen LogP contribution in [0, 0.1) is 6.92 Å². The fourth-order valence-electron chi connectivity index (χ4n) is 1.96. The van der Waals surface area contributed by atoms with Gasteiger partial charge in [-0.2, -0.15) is 0 Å². The number of aryl methyl sites for hydroxylation is 1. The summed E-state index contributed by atoms with van der Waals surface area (Å²) in [5.74, 6) is 0.514. The van der Waals surface area contributed by atoms with E-state index >= 15 is 0 Å². The fraction of sp³-hybridized carbons (Fsp3) is 0.583. The molecule has 1 saturated heterocycles. The molecular weight excluding hydrogens is 224 g/mol. The van der Waals surface area contributed by atoms with E-state index in [9.17, 15) is 0 Å². The number of anilines is 1. The summed E-state index contributed by atoms with van der Waals surface area (Å²) in [6.45, 7) is 5.64. The van der Waals surface area contributed by atoms with E-state index in [1.165, 1.54) is 5.69 Å². The molecule has 0 aliphatic carbocycles. The summed E-state index contributed by atoms with van der Waals surface area (Å²) in [7, 11) is 0. The molecule has 0 N–H and O–H groups in total. The topological polar surface area (TPSA) is 25.4 Å². The van der Waals surface area contributed by atoms with Crippen LogP contribution in [0.3, 0.4) is 0 Å². The Morgan fingerprint density at radius 3 is 3.12 bits per heavy atom. The number of hydrogen-bond acceptors (Lipinski definition) is 3. The largest absolute Gasteiger partial charge is 0.380 e. The summed E-state index contributed by atoms with van der Waals surface area (Å²) >= 11 is 5.95. The average molecular weight is 241 g/mol. The standard InChI is InChI=1S/C12H17ClN2O/c1-10-7-12(11(8-13)9-14-10)15-3-2-5-16-6-4-15/h7,9H,2-6,8H2,1H3. The number of aromatic nitrogens is 1. The summed E-state index contributed by atoms with van der Waals surface area (Å²) in [5, 5.41) is 0. The maximum absolute atomic E-state index is 5.95. The Morgan fingerprint density at radius 1 is 1.44 bits per heavy atom. The van der Waals surface area contributed by atoms with Crippen LogP contribution in [0.25, 0.3) is 0 Å². The average Bonchev–Trinajstić information content (AvgIpc) is 2.57. The Morgan fingerprint density at radius 2 is 2.31 bits per heavy atom. The zero-order valence-electron chi connectivity index (χ0n) is 9.58. The number of rotatable bonds is 2. The van der Waals surface area contributed by atoms with Crippen molar-refractivity contribution in [2.24, 2.45) is 0 Å². The normalized spacial score (nSPS) is 17.2. The van der Waals surface area contributed by atoms with Crippen LogP contribution in [0.2, 0.25) is 0 Å². The molecule has 0 bridgehead atoms. The van der Waals surface area contributed by atoms with Crippen LogP contribution in [0.5, 0.6) is 0 Å². The van der Waals surface area contributed by atoms with Crippen molar-refractivity contribution >= 4 is 17.3 Å². The maximum atomic E-state index is 5.95. The summed E-state index contributed by atoms with van der Waals surface area (Å²) < 4.78 is 5.46. The van der Waals surface area contributed by atoms with Gasteiger partial charge in [-0.15, -0.1) is 11.6 Å². The molecule has 3 nitrogen and oxygen atoms in total. The highest BCUT2D eigenvalue weighted by atomic mass is 35.5. The Bertz CT molecular complexity index is 349. The molecule has 4 heteroatoms. The zero-order chi connectivity index (χ0) is 11.4. The van der Waals surface area contributed by atoms with Crippen molar-refractivity contribution in [2.75, 3.05) is 31.2 Å². The SMILES string of the molecule is Cc1cc(N2CCCOCC2)c(CCl)cn1. The van der Waals surface area contributed by atoms with Gasteiger partial charge in [0.2, 0.25) is 0 Å². The lowest BCUT2D eigenvalue weighted by molar-refractivity contribution is 0.152. The van der Waals surface area contributed by atoms with E-state index < -0.39 is 0 Å². The second kappa shape index (κ2) is 5.51. The predicted molar refractivity (Wildman–Crippen MR) is 66.2 cm³/mol. The second-order valence-electron chi connectivity index (χ2n) is 4.04. The van der Waals surface area contributed by atoms with Crippen LogP contribution < -0.4 is 4.90 Å². The van der Waals surface area contributed by atoms with Crippen LogP contribution >= 0.6 is 11.6 Å². The smallest absolute Gasteiger partial charge is 0.0641 e. The highest BCUT2D eigenvalue weighted by Gasteiger charge is 2.13. The fourth-order valence-corrected chi connectivity index (χ4v) is 2.16. The van der Waals surface area contributed by atoms with Crippen molar-refractivity contribution in [1.82, 2.24) is 4.98 Å². The lowest BCUT2D eigenvalue weighted by atomic mass is 10.2. The quantitative estimate of drug-likeness (QED) is 0.742. The lowest BCUT2D eigenvalue weighted by Gasteiger charge is -2.24. The van der Waals surface area contributed by atoms with Gasteiger partial charge in [0.1, 0.15) is 0 Å². The Labute approximate surface area is 101 Å². The molecule has 0 unspecified atom stereocenters. The number of pyridine rings is 1. The minimum absolute atomic E-state index is 0.514. The van der Waals surface area contributed by atoms with Crippen molar-refractivity contribution in [3.63, 3.8) is 0 Å². The van der Waals surface area contributed by atoms with E-state index in [2.05, 4.69) is 16.0 Å². The van der Waals surface area contributed by atoms with Gasteiger partial charge in [-0.1, -0.05) is 0 Å². The summed E-state index contributed by atoms with van der Waals surface area (Å²) in [6.07, 6.45) is 2.95. The Kier molecular flexibility index (Phi) is 4.02. The van der Waals surface area contributed by atoms with E-state index in [1.807, 2.05) is 13.1 Å². The maximum Gasteiger partial charge on any atom is 0.0641 e. The molecule has 88 valence electrons. The van der Waals surface area contributed by atoms with E-state index in [0.717, 1.165) is 44.0 Å². The first-order chi connectivity index (χ1) is 7.81. The molecule has 0 aromatic carbocycles. The summed E-state index contributed by atoms with van der Waals surface area (Å²) in [5.41, 5.74) is 3.36. The number of ether oxygens (including phenoxy) is 1. The van der Waals surface area contributed by atoms with Gasteiger partial charge in [0.25, 0.3) is 0 Å². The van der Waals surface area contributed by atoms with Crippen molar-refractivity contribution in [3.05, 3.63) is 23.5 Å². The van der Waals surface area contributed by atoms with Crippen molar-refractivity contribution < 1.29 is 4.74 Å². The van der Waals surface area contributed by atoms with Crippen molar-refractivity contribution in [1.29, 1.82) is 0 Å². The minimum Gasteiger partial charge on any atom is -0.380 e. The molecule has 0 radical (unpaired) electrons. The highest BCUT2D eigenvalue weighted by Crippen LogP contribution is 2.23. The molecule has 0 saturated carbocycles. The first kappa shape index (κ1) is 11.7. The van der Waals surface area contributed by atoms with Crippen LogP contribution in [-0.2, 0) is 10.6 Å². The molecule has 1 aliphatic heterocycles. The van der Waals surface area contributed by atoms with Gasteiger partial charge >= 0.3 is 0 Å². The molecular formula is C12H17ClN2O. The van der Waals surface area contributed by atoms with E-state index in [-0.39, 0.29) is 0 Å². The summed E-state index contributed by atoms with van der Waals surface area (Å²) in [6, 6.07) is 2.11. The Balaban J connectivity index is 2.25. The van der Waals surface area contributed by atoms with Crippen LogP contribution in [0.4, 0.5) is 5.69 Å². The molecule has 16 heavy (non-hydrogen) atoms. The lowest BCUT2D eigenvalue weighted by Crippen LogP contribution is -2.27. The molecule has 2 heterocycles. The number of alkyl halides is 1. The highest BCUT2D eigenvalue weighted by molar-refractivity contribution is 6.17. The molecule has 0 atom stereocenters. The molecule has 1 aromatic heterocycles. The second-order valence-corrected chi connectivity index (χ2v) is 4.31. The zero-order valence-corrected chi connectivity index (χ0v) is 10.3. The first-order valence-electron chi connectivity index (χ1n) is 5.65.